The summed E-state index contributed by atoms with van der Waals surface area (Å²) in [5, 5.41) is 3.59. The van der Waals surface area contributed by atoms with Gasteiger partial charge in [0.2, 0.25) is 0 Å². The molecule has 0 aromatic carbocycles. The number of hydrogen-bond donors (Lipinski definition) is 2. The van der Waals surface area contributed by atoms with Gasteiger partial charge < -0.3 is 34.6 Å². The summed E-state index contributed by atoms with van der Waals surface area (Å²) in [4.78, 5) is 44.5. The summed E-state index contributed by atoms with van der Waals surface area (Å²) in [6, 6.07) is 0. The zero-order chi connectivity index (χ0) is 24.8. The van der Waals surface area contributed by atoms with Gasteiger partial charge in [0.1, 0.15) is 35.5 Å². The SMILES string of the molecule is CC(=O)OC[C@H]1O[C@@H](n2cc3c4c(ncnc42)NC(=S)C=C3N)[C@](C)(OC(C)=O)[C@@H]1OC(C)=O. The molecule has 0 amide bonds. The van der Waals surface area contributed by atoms with Crippen LogP contribution in [0.2, 0.25) is 0 Å². The highest BCUT2D eigenvalue weighted by Gasteiger charge is 2.60. The first-order chi connectivity index (χ1) is 16.0. The Kier molecular flexibility index (Phi) is 6.00. The minimum absolute atomic E-state index is 0.231. The van der Waals surface area contributed by atoms with E-state index in [1.807, 2.05) is 0 Å². The van der Waals surface area contributed by atoms with Crippen LogP contribution in [0.15, 0.2) is 18.6 Å². The van der Waals surface area contributed by atoms with Gasteiger partial charge in [0, 0.05) is 38.2 Å². The van der Waals surface area contributed by atoms with E-state index in [0.717, 1.165) is 0 Å². The maximum absolute atomic E-state index is 12.1. The number of nitrogens with two attached hydrogens (primary N) is 1. The van der Waals surface area contributed by atoms with Gasteiger partial charge in [0.05, 0.1) is 5.39 Å². The number of esters is 3. The Bertz CT molecular complexity index is 1240. The largest absolute Gasteiger partial charge is 0.463 e. The number of carbonyl (C=O) groups excluding carboxylic acids is 3. The monoisotopic (exact) mass is 489 g/mol. The van der Waals surface area contributed by atoms with E-state index in [0.29, 0.717) is 33.1 Å². The maximum Gasteiger partial charge on any atom is 0.303 e. The predicted octanol–water partition coefficient (Wildman–Crippen LogP) is 1.20. The van der Waals surface area contributed by atoms with Crippen LogP contribution in [0.1, 0.15) is 39.5 Å². The van der Waals surface area contributed by atoms with Gasteiger partial charge >= 0.3 is 17.9 Å². The molecule has 12 nitrogen and oxygen atoms in total. The van der Waals surface area contributed by atoms with Crippen molar-refractivity contribution >= 4 is 57.7 Å². The molecule has 2 aromatic heterocycles. The minimum Gasteiger partial charge on any atom is -0.463 e. The molecule has 2 aliphatic rings. The van der Waals surface area contributed by atoms with Crippen molar-refractivity contribution in [3.8, 4) is 0 Å². The number of hydrogen-bond acceptors (Lipinski definition) is 11. The summed E-state index contributed by atoms with van der Waals surface area (Å²) in [5.41, 5.74) is 6.12. The van der Waals surface area contributed by atoms with Gasteiger partial charge in [-0.25, -0.2) is 9.97 Å². The molecule has 0 bridgehead atoms. The van der Waals surface area contributed by atoms with E-state index < -0.39 is 41.9 Å². The number of carbonyl (C=O) groups is 3. The quantitative estimate of drug-likeness (QED) is 0.352. The van der Waals surface area contributed by atoms with Crippen LogP contribution in [-0.2, 0) is 33.3 Å². The molecule has 34 heavy (non-hydrogen) atoms. The number of nitrogens with one attached hydrogen (secondary N) is 1. The lowest BCUT2D eigenvalue weighted by Gasteiger charge is -2.34. The van der Waals surface area contributed by atoms with Crippen molar-refractivity contribution in [2.24, 2.45) is 5.73 Å². The van der Waals surface area contributed by atoms with E-state index in [2.05, 4.69) is 15.3 Å². The fourth-order valence-electron chi connectivity index (χ4n) is 4.29. The fraction of sp³-hybridized carbons (Fsp3) is 0.429. The number of rotatable bonds is 5. The number of nitrogens with zero attached hydrogens (tertiary/aromatic N) is 3. The fourth-order valence-corrected chi connectivity index (χ4v) is 4.51. The molecule has 3 N–H and O–H groups in total. The van der Waals surface area contributed by atoms with Crippen molar-refractivity contribution in [1.82, 2.24) is 14.5 Å². The van der Waals surface area contributed by atoms with Crippen LogP contribution in [0.3, 0.4) is 0 Å². The Morgan fingerprint density at radius 3 is 2.62 bits per heavy atom. The standard InChI is InChI=1S/C21H23N5O7S/c1-9(27)30-7-14-17(31-10(2)28)21(4,33-11(3)29)20(32-14)26-6-12-13(22)5-15(34)25-18-16(12)19(26)24-8-23-18/h5-6,8,14,17,20H,7,22H2,1-4H3,(H,23,24,25,34)/t14-,17-,20-,21-/m1/s1. The summed E-state index contributed by atoms with van der Waals surface area (Å²) in [5.74, 6) is -1.35. The summed E-state index contributed by atoms with van der Waals surface area (Å²) in [6.45, 7) is 5.04. The average molecular weight is 490 g/mol. The third kappa shape index (κ3) is 4.07. The van der Waals surface area contributed by atoms with Crippen LogP contribution in [0.4, 0.5) is 5.82 Å². The summed E-state index contributed by atoms with van der Waals surface area (Å²) in [6.07, 6.45) is 1.55. The second-order valence-corrected chi connectivity index (χ2v) is 8.54. The second kappa shape index (κ2) is 8.65. The molecule has 0 aliphatic carbocycles. The summed E-state index contributed by atoms with van der Waals surface area (Å²) in [7, 11) is 0. The molecule has 0 saturated carbocycles. The van der Waals surface area contributed by atoms with E-state index in [4.69, 9.17) is 36.9 Å². The van der Waals surface area contributed by atoms with Gasteiger partial charge in [-0.15, -0.1) is 0 Å². The zero-order valence-electron chi connectivity index (χ0n) is 18.9. The molecule has 180 valence electrons. The van der Waals surface area contributed by atoms with Gasteiger partial charge in [0.25, 0.3) is 0 Å². The van der Waals surface area contributed by atoms with Crippen LogP contribution in [0.25, 0.3) is 16.7 Å². The molecule has 1 fully saturated rings. The molecular weight excluding hydrogens is 466 g/mol. The predicted molar refractivity (Wildman–Crippen MR) is 122 cm³/mol. The Balaban J connectivity index is 1.89. The molecule has 0 spiro atoms. The van der Waals surface area contributed by atoms with Crippen molar-refractivity contribution < 1.29 is 33.3 Å². The third-order valence-corrected chi connectivity index (χ3v) is 5.73. The summed E-state index contributed by atoms with van der Waals surface area (Å²) >= 11 is 5.27. The first-order valence-corrected chi connectivity index (χ1v) is 10.7. The van der Waals surface area contributed by atoms with Crippen LogP contribution in [-0.4, -0.2) is 61.8 Å². The van der Waals surface area contributed by atoms with E-state index in [-0.39, 0.29) is 6.61 Å². The van der Waals surface area contributed by atoms with Gasteiger partial charge in [-0.2, -0.15) is 0 Å². The smallest absolute Gasteiger partial charge is 0.303 e. The van der Waals surface area contributed by atoms with Crippen molar-refractivity contribution in [1.29, 1.82) is 0 Å². The van der Waals surface area contributed by atoms with Crippen molar-refractivity contribution in [3.63, 3.8) is 0 Å². The number of ether oxygens (including phenoxy) is 4. The molecule has 4 rings (SSSR count). The average Bonchev–Trinajstić information content (AvgIpc) is 3.18. The third-order valence-electron chi connectivity index (χ3n) is 5.51. The summed E-state index contributed by atoms with van der Waals surface area (Å²) < 4.78 is 24.2. The number of anilines is 1. The lowest BCUT2D eigenvalue weighted by molar-refractivity contribution is -0.184. The minimum atomic E-state index is -1.51. The van der Waals surface area contributed by atoms with Crippen LogP contribution >= 0.6 is 12.2 Å². The Labute approximate surface area is 199 Å². The first-order valence-electron chi connectivity index (χ1n) is 10.3. The van der Waals surface area contributed by atoms with Crippen LogP contribution in [0.5, 0.6) is 0 Å². The highest BCUT2D eigenvalue weighted by Crippen LogP contribution is 2.46. The Hall–Kier alpha value is -3.58. The van der Waals surface area contributed by atoms with Crippen molar-refractivity contribution in [2.75, 3.05) is 11.9 Å². The zero-order valence-corrected chi connectivity index (χ0v) is 19.7. The lowest BCUT2D eigenvalue weighted by atomic mass is 9.95. The van der Waals surface area contributed by atoms with Gasteiger partial charge in [-0.05, 0) is 13.0 Å². The molecule has 13 heteroatoms. The normalized spacial score (nSPS) is 25.8. The van der Waals surface area contributed by atoms with Crippen molar-refractivity contribution in [2.45, 2.75) is 51.7 Å². The maximum atomic E-state index is 12.1. The highest BCUT2D eigenvalue weighted by atomic mass is 32.1. The Morgan fingerprint density at radius 1 is 1.24 bits per heavy atom. The van der Waals surface area contributed by atoms with E-state index in [9.17, 15) is 14.4 Å². The van der Waals surface area contributed by atoms with Gasteiger partial charge in [-0.3, -0.25) is 14.4 Å². The molecule has 1 saturated heterocycles. The molecule has 4 heterocycles. The second-order valence-electron chi connectivity index (χ2n) is 8.10. The van der Waals surface area contributed by atoms with Gasteiger partial charge in [0.15, 0.2) is 17.9 Å². The number of thiocarbonyl (C=S) groups is 1. The van der Waals surface area contributed by atoms with E-state index >= 15 is 0 Å². The number of aromatic nitrogens is 3. The lowest BCUT2D eigenvalue weighted by Crippen LogP contribution is -2.50. The van der Waals surface area contributed by atoms with E-state index in [1.54, 1.807) is 23.8 Å². The topological polar surface area (TPSA) is 157 Å². The molecule has 0 unspecified atom stereocenters. The van der Waals surface area contributed by atoms with Gasteiger partial charge in [-0.1, -0.05) is 12.2 Å². The molecule has 0 radical (unpaired) electrons. The molecule has 4 atom stereocenters. The Morgan fingerprint density at radius 2 is 1.97 bits per heavy atom. The molecular formula is C21H23N5O7S. The highest BCUT2D eigenvalue weighted by molar-refractivity contribution is 7.81. The first kappa shape index (κ1) is 23.6. The van der Waals surface area contributed by atoms with Crippen molar-refractivity contribution in [3.05, 3.63) is 24.2 Å². The van der Waals surface area contributed by atoms with E-state index in [1.165, 1.54) is 27.1 Å². The van der Waals surface area contributed by atoms with Crippen LogP contribution in [0, 0.1) is 0 Å². The molecule has 2 aliphatic heterocycles. The van der Waals surface area contributed by atoms with Crippen LogP contribution < -0.4 is 11.1 Å². The molecule has 2 aromatic rings.